The molecule has 0 bridgehead atoms. The fraction of sp³-hybridized carbons (Fsp3) is 0.577. The highest BCUT2D eigenvalue weighted by Gasteiger charge is 2.29. The second-order valence-corrected chi connectivity index (χ2v) is 10.5. The van der Waals surface area contributed by atoms with Crippen LogP contribution in [0.5, 0.6) is 0 Å². The summed E-state index contributed by atoms with van der Waals surface area (Å²) in [6.07, 6.45) is 4.89. The van der Waals surface area contributed by atoms with Gasteiger partial charge in [0.25, 0.3) is 0 Å². The van der Waals surface area contributed by atoms with Gasteiger partial charge >= 0.3 is 0 Å². The van der Waals surface area contributed by atoms with Gasteiger partial charge in [-0.3, -0.25) is 4.79 Å². The van der Waals surface area contributed by atoms with Crippen molar-refractivity contribution in [2.45, 2.75) is 66.3 Å². The van der Waals surface area contributed by atoms with Gasteiger partial charge in [0.2, 0.25) is 5.91 Å². The molecule has 166 valence electrons. The summed E-state index contributed by atoms with van der Waals surface area (Å²) in [6, 6.07) is 10.2. The van der Waals surface area contributed by atoms with Gasteiger partial charge in [0, 0.05) is 43.6 Å². The summed E-state index contributed by atoms with van der Waals surface area (Å²) < 4.78 is 0. The predicted molar refractivity (Wildman–Crippen MR) is 126 cm³/mol. The van der Waals surface area contributed by atoms with Crippen molar-refractivity contribution < 1.29 is 4.79 Å². The third-order valence-corrected chi connectivity index (χ3v) is 6.31. The zero-order valence-electron chi connectivity index (χ0n) is 19.5. The molecule has 5 heteroatoms. The SMILES string of the molecule is C[C@@H](CC(=O)N1CCc2nc(-c3ccccc3)nc(N3CCCC3)c2C1)CC(C)(C)C. The molecule has 1 fully saturated rings. The normalized spacial score (nSPS) is 17.5. The Morgan fingerprint density at radius 2 is 1.77 bits per heavy atom. The summed E-state index contributed by atoms with van der Waals surface area (Å²) in [7, 11) is 0. The fourth-order valence-corrected chi connectivity index (χ4v) is 5.06. The average molecular weight is 421 g/mol. The van der Waals surface area contributed by atoms with Gasteiger partial charge in [-0.05, 0) is 30.6 Å². The molecule has 0 unspecified atom stereocenters. The van der Waals surface area contributed by atoms with E-state index in [9.17, 15) is 4.79 Å². The van der Waals surface area contributed by atoms with E-state index in [2.05, 4.69) is 44.7 Å². The molecule has 0 saturated carbocycles. The molecule has 0 N–H and O–H groups in total. The number of nitrogens with zero attached hydrogens (tertiary/aromatic N) is 4. The minimum atomic E-state index is 0.249. The standard InChI is InChI=1S/C26H36N4O/c1-19(17-26(2,3)4)16-23(31)30-15-12-22-21(18-30)25(29-13-8-9-14-29)28-24(27-22)20-10-6-5-7-11-20/h5-7,10-11,19H,8-9,12-18H2,1-4H3/t19-/m0/s1. The maximum absolute atomic E-state index is 13.1. The maximum Gasteiger partial charge on any atom is 0.223 e. The van der Waals surface area contributed by atoms with Crippen molar-refractivity contribution in [3.8, 4) is 11.4 Å². The zero-order chi connectivity index (χ0) is 22.0. The summed E-state index contributed by atoms with van der Waals surface area (Å²) in [5.41, 5.74) is 3.58. The first-order valence-corrected chi connectivity index (χ1v) is 11.8. The summed E-state index contributed by atoms with van der Waals surface area (Å²) in [4.78, 5) is 27.5. The van der Waals surface area contributed by atoms with Crippen molar-refractivity contribution >= 4 is 11.7 Å². The number of rotatable bonds is 5. The van der Waals surface area contributed by atoms with Gasteiger partial charge in [0.05, 0.1) is 12.2 Å². The molecule has 1 saturated heterocycles. The molecule has 1 amide bonds. The summed E-state index contributed by atoms with van der Waals surface area (Å²) in [5, 5.41) is 0. The molecule has 2 aliphatic rings. The van der Waals surface area contributed by atoms with Crippen LogP contribution in [0, 0.1) is 11.3 Å². The number of anilines is 1. The number of carbonyl (C=O) groups excluding carboxylic acids is 1. The second kappa shape index (κ2) is 8.97. The topological polar surface area (TPSA) is 49.3 Å². The molecular weight excluding hydrogens is 384 g/mol. The first-order valence-electron chi connectivity index (χ1n) is 11.8. The van der Waals surface area contributed by atoms with Gasteiger partial charge in [-0.25, -0.2) is 9.97 Å². The smallest absolute Gasteiger partial charge is 0.223 e. The van der Waals surface area contributed by atoms with Crippen LogP contribution in [-0.4, -0.2) is 40.4 Å². The Morgan fingerprint density at radius 1 is 1.06 bits per heavy atom. The molecule has 1 aromatic carbocycles. The van der Waals surface area contributed by atoms with E-state index in [0.29, 0.717) is 18.9 Å². The lowest BCUT2D eigenvalue weighted by molar-refractivity contribution is -0.133. The first kappa shape index (κ1) is 21.8. The molecule has 0 spiro atoms. The number of hydrogen-bond acceptors (Lipinski definition) is 4. The monoisotopic (exact) mass is 420 g/mol. The minimum Gasteiger partial charge on any atom is -0.356 e. The van der Waals surface area contributed by atoms with Crippen molar-refractivity contribution in [2.75, 3.05) is 24.5 Å². The molecule has 4 rings (SSSR count). The molecule has 0 radical (unpaired) electrons. The Balaban J connectivity index is 1.58. The molecule has 31 heavy (non-hydrogen) atoms. The third-order valence-electron chi connectivity index (χ3n) is 6.31. The van der Waals surface area contributed by atoms with Crippen LogP contribution in [0.25, 0.3) is 11.4 Å². The minimum absolute atomic E-state index is 0.249. The summed E-state index contributed by atoms with van der Waals surface area (Å²) in [6.45, 7) is 12.4. The zero-order valence-corrected chi connectivity index (χ0v) is 19.5. The maximum atomic E-state index is 13.1. The lowest BCUT2D eigenvalue weighted by Crippen LogP contribution is -2.38. The van der Waals surface area contributed by atoms with Crippen LogP contribution in [-0.2, 0) is 17.8 Å². The van der Waals surface area contributed by atoms with Crippen LogP contribution in [0.2, 0.25) is 0 Å². The van der Waals surface area contributed by atoms with Crippen molar-refractivity contribution in [3.63, 3.8) is 0 Å². The van der Waals surface area contributed by atoms with Gasteiger partial charge in [-0.1, -0.05) is 58.0 Å². The highest BCUT2D eigenvalue weighted by molar-refractivity contribution is 5.77. The van der Waals surface area contributed by atoms with Crippen molar-refractivity contribution in [1.29, 1.82) is 0 Å². The molecule has 1 aromatic heterocycles. The number of benzene rings is 1. The Kier molecular flexibility index (Phi) is 6.31. The molecule has 0 aliphatic carbocycles. The van der Waals surface area contributed by atoms with Crippen LogP contribution in [0.1, 0.15) is 64.6 Å². The van der Waals surface area contributed by atoms with E-state index in [4.69, 9.17) is 9.97 Å². The van der Waals surface area contributed by atoms with Crippen molar-refractivity contribution in [2.24, 2.45) is 11.3 Å². The first-order chi connectivity index (χ1) is 14.8. The van der Waals surface area contributed by atoms with E-state index in [0.717, 1.165) is 60.9 Å². The highest BCUT2D eigenvalue weighted by Crippen LogP contribution is 2.32. The van der Waals surface area contributed by atoms with Crippen LogP contribution in [0.3, 0.4) is 0 Å². The quantitative estimate of drug-likeness (QED) is 0.676. The third kappa shape index (κ3) is 5.25. The van der Waals surface area contributed by atoms with E-state index >= 15 is 0 Å². The predicted octanol–water partition coefficient (Wildman–Crippen LogP) is 5.09. The Bertz CT molecular complexity index is 913. The van der Waals surface area contributed by atoms with E-state index in [-0.39, 0.29) is 11.3 Å². The van der Waals surface area contributed by atoms with E-state index in [1.54, 1.807) is 0 Å². The number of carbonyl (C=O) groups is 1. The second-order valence-electron chi connectivity index (χ2n) is 10.5. The average Bonchev–Trinajstić information content (AvgIpc) is 3.26. The number of aromatic nitrogens is 2. The Labute approximate surface area is 186 Å². The molecular formula is C26H36N4O. The van der Waals surface area contributed by atoms with E-state index in [1.807, 2.05) is 23.1 Å². The molecule has 3 heterocycles. The number of fused-ring (bicyclic) bond motifs is 1. The summed E-state index contributed by atoms with van der Waals surface area (Å²) in [5.74, 6) is 2.51. The van der Waals surface area contributed by atoms with Gasteiger partial charge in [0.1, 0.15) is 5.82 Å². The summed E-state index contributed by atoms with van der Waals surface area (Å²) >= 11 is 0. The molecule has 2 aliphatic heterocycles. The fourth-order valence-electron chi connectivity index (χ4n) is 5.06. The van der Waals surface area contributed by atoms with Gasteiger partial charge in [-0.2, -0.15) is 0 Å². The van der Waals surface area contributed by atoms with Crippen molar-refractivity contribution in [1.82, 2.24) is 14.9 Å². The van der Waals surface area contributed by atoms with Gasteiger partial charge in [-0.15, -0.1) is 0 Å². The van der Waals surface area contributed by atoms with Crippen LogP contribution >= 0.6 is 0 Å². The van der Waals surface area contributed by atoms with Crippen LogP contribution < -0.4 is 4.90 Å². The number of amides is 1. The number of hydrogen-bond donors (Lipinski definition) is 0. The highest BCUT2D eigenvalue weighted by atomic mass is 16.2. The lowest BCUT2D eigenvalue weighted by atomic mass is 9.84. The van der Waals surface area contributed by atoms with Crippen LogP contribution in [0.15, 0.2) is 30.3 Å². The Morgan fingerprint density at radius 3 is 2.45 bits per heavy atom. The molecule has 1 atom stereocenters. The van der Waals surface area contributed by atoms with Gasteiger partial charge < -0.3 is 9.80 Å². The lowest BCUT2D eigenvalue weighted by Gasteiger charge is -2.33. The van der Waals surface area contributed by atoms with Crippen LogP contribution in [0.4, 0.5) is 5.82 Å². The van der Waals surface area contributed by atoms with E-state index in [1.165, 1.54) is 12.8 Å². The Hall–Kier alpha value is -2.43. The molecule has 2 aromatic rings. The molecule has 5 nitrogen and oxygen atoms in total. The van der Waals surface area contributed by atoms with Crippen molar-refractivity contribution in [3.05, 3.63) is 41.6 Å². The largest absolute Gasteiger partial charge is 0.356 e. The van der Waals surface area contributed by atoms with E-state index < -0.39 is 0 Å². The van der Waals surface area contributed by atoms with Gasteiger partial charge in [0.15, 0.2) is 5.82 Å².